The van der Waals surface area contributed by atoms with Crippen LogP contribution in [0.2, 0.25) is 0 Å². The number of amides is 1. The number of rotatable bonds is 4. The molecule has 6 heteroatoms. The summed E-state index contributed by atoms with van der Waals surface area (Å²) in [5.41, 5.74) is 2.30. The number of fused-ring (bicyclic) bond motifs is 1. The fourth-order valence-electron chi connectivity index (χ4n) is 2.47. The van der Waals surface area contributed by atoms with Gasteiger partial charge in [0.15, 0.2) is 0 Å². The standard InChI is InChI=1S/C17H15F2N3O/c1-11-16(22-10-14(19)6-7-15(22)21-11)17(23)20-9-8-12-2-4-13(18)5-3-12/h2-7,10H,8-9H2,1H3,(H,20,23). The van der Waals surface area contributed by atoms with Crippen molar-refractivity contribution < 1.29 is 13.6 Å². The SMILES string of the molecule is Cc1nc2ccc(F)cn2c1C(=O)NCCc1ccc(F)cc1. The number of benzene rings is 1. The van der Waals surface area contributed by atoms with Crippen molar-refractivity contribution in [2.75, 3.05) is 6.54 Å². The number of imidazole rings is 1. The highest BCUT2D eigenvalue weighted by atomic mass is 19.1. The molecule has 0 unspecified atom stereocenters. The highest BCUT2D eigenvalue weighted by Gasteiger charge is 2.16. The second-order valence-electron chi connectivity index (χ2n) is 5.25. The van der Waals surface area contributed by atoms with Gasteiger partial charge >= 0.3 is 0 Å². The van der Waals surface area contributed by atoms with Gasteiger partial charge < -0.3 is 5.32 Å². The first-order valence-corrected chi connectivity index (χ1v) is 7.21. The van der Waals surface area contributed by atoms with Crippen LogP contribution in [0.3, 0.4) is 0 Å². The molecule has 0 atom stereocenters. The summed E-state index contributed by atoms with van der Waals surface area (Å²) in [6.07, 6.45) is 1.82. The van der Waals surface area contributed by atoms with E-state index in [1.165, 1.54) is 34.9 Å². The van der Waals surface area contributed by atoms with E-state index in [-0.39, 0.29) is 11.7 Å². The molecule has 0 spiro atoms. The predicted octanol–water partition coefficient (Wildman–Crippen LogP) is 2.89. The van der Waals surface area contributed by atoms with E-state index in [0.717, 1.165) is 5.56 Å². The number of nitrogens with one attached hydrogen (secondary N) is 1. The Balaban J connectivity index is 1.72. The quantitative estimate of drug-likeness (QED) is 0.805. The molecule has 0 saturated heterocycles. The summed E-state index contributed by atoms with van der Waals surface area (Å²) < 4.78 is 27.7. The third kappa shape index (κ3) is 3.21. The summed E-state index contributed by atoms with van der Waals surface area (Å²) in [6.45, 7) is 2.10. The molecule has 2 aromatic heterocycles. The Morgan fingerprint density at radius 3 is 2.57 bits per heavy atom. The van der Waals surface area contributed by atoms with Crippen molar-refractivity contribution in [2.24, 2.45) is 0 Å². The Morgan fingerprint density at radius 1 is 1.13 bits per heavy atom. The zero-order valence-electron chi connectivity index (χ0n) is 12.5. The molecule has 1 N–H and O–H groups in total. The van der Waals surface area contributed by atoms with Crippen LogP contribution in [0.15, 0.2) is 42.6 Å². The van der Waals surface area contributed by atoms with E-state index < -0.39 is 5.82 Å². The van der Waals surface area contributed by atoms with Gasteiger partial charge in [0, 0.05) is 12.7 Å². The van der Waals surface area contributed by atoms with Gasteiger partial charge in [0.05, 0.1) is 5.69 Å². The van der Waals surface area contributed by atoms with E-state index in [0.29, 0.717) is 30.0 Å². The maximum atomic E-state index is 13.4. The molecule has 0 bridgehead atoms. The number of nitrogens with zero attached hydrogens (tertiary/aromatic N) is 2. The highest BCUT2D eigenvalue weighted by molar-refractivity contribution is 5.94. The minimum Gasteiger partial charge on any atom is -0.350 e. The molecular formula is C17H15F2N3O. The normalized spacial score (nSPS) is 10.9. The van der Waals surface area contributed by atoms with E-state index in [9.17, 15) is 13.6 Å². The molecule has 0 radical (unpaired) electrons. The van der Waals surface area contributed by atoms with E-state index in [2.05, 4.69) is 10.3 Å². The molecule has 0 aliphatic carbocycles. The van der Waals surface area contributed by atoms with Gasteiger partial charge in [-0.3, -0.25) is 9.20 Å². The van der Waals surface area contributed by atoms with Gasteiger partial charge in [0.1, 0.15) is 23.0 Å². The number of hydrogen-bond donors (Lipinski definition) is 1. The van der Waals surface area contributed by atoms with E-state index >= 15 is 0 Å². The molecular weight excluding hydrogens is 300 g/mol. The first-order valence-electron chi connectivity index (χ1n) is 7.21. The second-order valence-corrected chi connectivity index (χ2v) is 5.25. The third-order valence-electron chi connectivity index (χ3n) is 3.58. The largest absolute Gasteiger partial charge is 0.350 e. The van der Waals surface area contributed by atoms with Gasteiger partial charge in [-0.15, -0.1) is 0 Å². The topological polar surface area (TPSA) is 46.4 Å². The van der Waals surface area contributed by atoms with Crippen molar-refractivity contribution in [2.45, 2.75) is 13.3 Å². The summed E-state index contributed by atoms with van der Waals surface area (Å²) in [7, 11) is 0. The van der Waals surface area contributed by atoms with Gasteiger partial charge in [-0.25, -0.2) is 13.8 Å². The Kier molecular flexibility index (Phi) is 4.06. The molecule has 23 heavy (non-hydrogen) atoms. The zero-order chi connectivity index (χ0) is 16.4. The van der Waals surface area contributed by atoms with Crippen molar-refractivity contribution in [1.29, 1.82) is 0 Å². The fourth-order valence-corrected chi connectivity index (χ4v) is 2.47. The number of halogens is 2. The van der Waals surface area contributed by atoms with Crippen LogP contribution in [0.4, 0.5) is 8.78 Å². The molecule has 0 aliphatic heterocycles. The van der Waals surface area contributed by atoms with Crippen LogP contribution < -0.4 is 5.32 Å². The molecule has 118 valence electrons. The van der Waals surface area contributed by atoms with E-state index in [1.807, 2.05) is 0 Å². The minimum absolute atomic E-state index is 0.291. The van der Waals surface area contributed by atoms with Crippen LogP contribution in [-0.2, 0) is 6.42 Å². The summed E-state index contributed by atoms with van der Waals surface area (Å²) in [4.78, 5) is 16.6. The van der Waals surface area contributed by atoms with Crippen LogP contribution in [0.25, 0.3) is 5.65 Å². The molecule has 1 amide bonds. The average molecular weight is 315 g/mol. The number of carbonyl (C=O) groups is 1. The molecule has 4 nitrogen and oxygen atoms in total. The second kappa shape index (κ2) is 6.16. The zero-order valence-corrected chi connectivity index (χ0v) is 12.5. The van der Waals surface area contributed by atoms with E-state index in [4.69, 9.17) is 0 Å². The van der Waals surface area contributed by atoms with Gasteiger partial charge in [-0.05, 0) is 43.2 Å². The van der Waals surface area contributed by atoms with Crippen LogP contribution in [0, 0.1) is 18.6 Å². The van der Waals surface area contributed by atoms with Gasteiger partial charge in [-0.1, -0.05) is 12.1 Å². The number of pyridine rings is 1. The summed E-state index contributed by atoms with van der Waals surface area (Å²) in [5.74, 6) is -1.04. The predicted molar refractivity (Wildman–Crippen MR) is 82.3 cm³/mol. The van der Waals surface area contributed by atoms with Gasteiger partial charge in [0.25, 0.3) is 5.91 Å². The van der Waals surface area contributed by atoms with Crippen molar-refractivity contribution in [1.82, 2.24) is 14.7 Å². The van der Waals surface area contributed by atoms with Crippen LogP contribution in [0.1, 0.15) is 21.7 Å². The minimum atomic E-state index is -0.435. The van der Waals surface area contributed by atoms with Gasteiger partial charge in [0.2, 0.25) is 0 Å². The molecule has 0 aliphatic rings. The third-order valence-corrected chi connectivity index (χ3v) is 3.58. The maximum absolute atomic E-state index is 13.4. The van der Waals surface area contributed by atoms with Crippen LogP contribution >= 0.6 is 0 Å². The lowest BCUT2D eigenvalue weighted by Crippen LogP contribution is -2.27. The summed E-state index contributed by atoms with van der Waals surface area (Å²) >= 11 is 0. The van der Waals surface area contributed by atoms with Crippen LogP contribution in [0.5, 0.6) is 0 Å². The van der Waals surface area contributed by atoms with Crippen LogP contribution in [-0.4, -0.2) is 21.8 Å². The Hall–Kier alpha value is -2.76. The smallest absolute Gasteiger partial charge is 0.270 e. The lowest BCUT2D eigenvalue weighted by molar-refractivity contribution is 0.0947. The Labute approximate surface area is 131 Å². The molecule has 3 rings (SSSR count). The van der Waals surface area contributed by atoms with E-state index in [1.54, 1.807) is 19.1 Å². The summed E-state index contributed by atoms with van der Waals surface area (Å²) in [5, 5.41) is 2.78. The van der Waals surface area contributed by atoms with Crippen molar-refractivity contribution in [3.05, 3.63) is 71.2 Å². The molecule has 2 heterocycles. The monoisotopic (exact) mass is 315 g/mol. The lowest BCUT2D eigenvalue weighted by atomic mass is 10.1. The molecule has 0 saturated carbocycles. The number of aryl methyl sites for hydroxylation is 1. The Bertz CT molecular complexity index is 856. The first kappa shape index (κ1) is 15.1. The van der Waals surface area contributed by atoms with Gasteiger partial charge in [-0.2, -0.15) is 0 Å². The maximum Gasteiger partial charge on any atom is 0.270 e. The fraction of sp³-hybridized carbons (Fsp3) is 0.176. The van der Waals surface area contributed by atoms with Crippen molar-refractivity contribution in [3.8, 4) is 0 Å². The number of hydrogen-bond acceptors (Lipinski definition) is 2. The molecule has 3 aromatic rings. The molecule has 0 fully saturated rings. The lowest BCUT2D eigenvalue weighted by Gasteiger charge is -2.06. The van der Waals surface area contributed by atoms with Crippen molar-refractivity contribution >= 4 is 11.6 Å². The first-order chi connectivity index (χ1) is 11.0. The number of aromatic nitrogens is 2. The highest BCUT2D eigenvalue weighted by Crippen LogP contribution is 2.13. The van der Waals surface area contributed by atoms with Crippen molar-refractivity contribution in [3.63, 3.8) is 0 Å². The molecule has 1 aromatic carbocycles. The summed E-state index contributed by atoms with van der Waals surface area (Å²) in [6, 6.07) is 8.95. The number of carbonyl (C=O) groups excluding carboxylic acids is 1. The average Bonchev–Trinajstić information content (AvgIpc) is 2.84. The Morgan fingerprint density at radius 2 is 1.83 bits per heavy atom.